The number of hydrogen-bond acceptors (Lipinski definition) is 17. The second kappa shape index (κ2) is 20.4. The molecule has 11 atom stereocenters. The van der Waals surface area contributed by atoms with E-state index in [0.717, 1.165) is 13.8 Å². The summed E-state index contributed by atoms with van der Waals surface area (Å²) in [5.74, 6) is -8.51. The fourth-order valence-corrected chi connectivity index (χ4v) is 11.5. The third kappa shape index (κ3) is 9.35. The average molecular weight is 1020 g/mol. The van der Waals surface area contributed by atoms with Crippen molar-refractivity contribution < 1.29 is 77.1 Å². The smallest absolute Gasteiger partial charge is 0.350 e. The molecule has 4 aromatic carbocycles. The zero-order chi connectivity index (χ0) is 53.5. The number of Topliss-reactive ketones (excluding diaryl/α,β-unsaturated/α-hetero) is 1. The first-order chi connectivity index (χ1) is 35.0. The number of para-hydroxylation sites is 1. The first-order valence-corrected chi connectivity index (χ1v) is 24.0. The van der Waals surface area contributed by atoms with Crippen molar-refractivity contribution >= 4 is 47.2 Å². The van der Waals surface area contributed by atoms with E-state index in [9.17, 15) is 44.3 Å². The highest BCUT2D eigenvalue weighted by Crippen LogP contribution is 2.64. The van der Waals surface area contributed by atoms with Gasteiger partial charge >= 0.3 is 29.8 Å². The summed E-state index contributed by atoms with van der Waals surface area (Å²) in [6.45, 7) is 7.67. The number of nitrogens with one attached hydrogen (secondary N) is 1. The number of esters is 5. The number of rotatable bonds is 14. The number of nitrogens with zero attached hydrogens (tertiary/aromatic N) is 1. The maximum absolute atomic E-state index is 15.8. The van der Waals surface area contributed by atoms with Gasteiger partial charge in [0.05, 0.1) is 41.0 Å². The van der Waals surface area contributed by atoms with Gasteiger partial charge in [0.25, 0.3) is 11.6 Å². The molecule has 1 heterocycles. The van der Waals surface area contributed by atoms with Crippen molar-refractivity contribution in [2.24, 2.45) is 16.7 Å². The van der Waals surface area contributed by atoms with Gasteiger partial charge in [-0.15, -0.1) is 0 Å². The normalized spacial score (nSPS) is 28.4. The highest BCUT2D eigenvalue weighted by atomic mass is 16.6. The molecule has 2 unspecified atom stereocenters. The molecular weight excluding hydrogens is 961 g/mol. The molecule has 4 aromatic rings. The van der Waals surface area contributed by atoms with Gasteiger partial charge in [0.15, 0.2) is 17.5 Å². The molecule has 2 bridgehead atoms. The largest absolute Gasteiger partial charge is 0.455 e. The van der Waals surface area contributed by atoms with Crippen LogP contribution in [-0.4, -0.2) is 111 Å². The number of benzene rings is 4. The van der Waals surface area contributed by atoms with Gasteiger partial charge in [-0.25, -0.2) is 9.59 Å². The van der Waals surface area contributed by atoms with Crippen molar-refractivity contribution in [1.29, 1.82) is 0 Å². The van der Waals surface area contributed by atoms with Gasteiger partial charge in [0.1, 0.15) is 30.0 Å². The van der Waals surface area contributed by atoms with Crippen molar-refractivity contribution in [2.45, 2.75) is 115 Å². The van der Waals surface area contributed by atoms with Crippen LogP contribution in [0.4, 0.5) is 5.69 Å². The zero-order valence-electron chi connectivity index (χ0n) is 41.4. The van der Waals surface area contributed by atoms with Crippen LogP contribution in [0.25, 0.3) is 0 Å². The van der Waals surface area contributed by atoms with E-state index in [4.69, 9.17) is 28.4 Å². The number of nitro groups is 1. The quantitative estimate of drug-likeness (QED) is 0.0467. The zero-order valence-corrected chi connectivity index (χ0v) is 41.4. The molecule has 74 heavy (non-hydrogen) atoms. The lowest BCUT2D eigenvalue weighted by Gasteiger charge is -2.67. The molecule has 19 nitrogen and oxygen atoms in total. The average Bonchev–Trinajstić information content (AvgIpc) is 3.36. The van der Waals surface area contributed by atoms with Gasteiger partial charge in [-0.2, -0.15) is 0 Å². The Kier molecular flexibility index (Phi) is 14.5. The minimum Gasteiger partial charge on any atom is -0.455 e. The number of carbonyl (C=O) groups is 7. The number of aliphatic hydroxyl groups excluding tert-OH is 1. The molecule has 8 rings (SSSR count). The molecule has 0 spiro atoms. The molecule has 19 heteroatoms. The third-order valence-corrected chi connectivity index (χ3v) is 15.2. The minimum absolute atomic E-state index is 0.0156. The number of hydrogen-bond donors (Lipinski definition) is 3. The first-order valence-electron chi connectivity index (χ1n) is 24.0. The Morgan fingerprint density at radius 3 is 2.00 bits per heavy atom. The Balaban J connectivity index is 1.30. The van der Waals surface area contributed by atoms with Crippen molar-refractivity contribution in [3.05, 3.63) is 159 Å². The van der Waals surface area contributed by atoms with E-state index in [1.807, 2.05) is 0 Å². The molecule has 388 valence electrons. The van der Waals surface area contributed by atoms with Crippen molar-refractivity contribution in [3.8, 4) is 0 Å². The summed E-state index contributed by atoms with van der Waals surface area (Å²) in [6.07, 6.45) is -12.0. The van der Waals surface area contributed by atoms with Crippen molar-refractivity contribution in [1.82, 2.24) is 5.32 Å². The molecule has 3 fully saturated rings. The molecule has 0 aromatic heterocycles. The van der Waals surface area contributed by atoms with Gasteiger partial charge < -0.3 is 44.0 Å². The fourth-order valence-electron chi connectivity index (χ4n) is 11.5. The van der Waals surface area contributed by atoms with Crippen molar-refractivity contribution in [2.75, 3.05) is 6.61 Å². The summed E-state index contributed by atoms with van der Waals surface area (Å²) >= 11 is 0. The number of aliphatic hydroxyl groups is 2. The molecule has 1 aliphatic heterocycles. The van der Waals surface area contributed by atoms with Crippen LogP contribution in [0.1, 0.15) is 92.3 Å². The molecule has 2 saturated carbocycles. The molecule has 1 saturated heterocycles. The Morgan fingerprint density at radius 1 is 0.824 bits per heavy atom. The highest BCUT2D eigenvalue weighted by Gasteiger charge is 2.78. The van der Waals surface area contributed by atoms with Crippen LogP contribution >= 0.6 is 0 Å². The van der Waals surface area contributed by atoms with E-state index in [1.54, 1.807) is 66.7 Å². The summed E-state index contributed by atoms with van der Waals surface area (Å²) in [6, 6.07) is 27.5. The van der Waals surface area contributed by atoms with Crippen LogP contribution < -0.4 is 5.32 Å². The molecule has 4 aliphatic rings. The first kappa shape index (κ1) is 52.7. The summed E-state index contributed by atoms with van der Waals surface area (Å²) in [4.78, 5) is 111. The molecule has 3 N–H and O–H groups in total. The Morgan fingerprint density at radius 2 is 1.42 bits per heavy atom. The van der Waals surface area contributed by atoms with E-state index in [2.05, 4.69) is 5.32 Å². The number of ketones is 1. The maximum Gasteiger partial charge on any atom is 0.350 e. The molecule has 0 radical (unpaired) electrons. The fraction of sp³-hybridized carbons (Fsp3) is 0.400. The molecule has 1 amide bonds. The number of ether oxygens (including phenoxy) is 6. The van der Waals surface area contributed by atoms with Gasteiger partial charge in [-0.3, -0.25) is 34.1 Å². The topological polar surface area (TPSA) is 270 Å². The highest BCUT2D eigenvalue weighted by molar-refractivity contribution is 5.96. The minimum atomic E-state index is -2.52. The number of fused-ring (bicyclic) bond motifs is 5. The number of carbonyl (C=O) groups excluding carboxylic acids is 7. The Hall–Kier alpha value is -7.61. The summed E-state index contributed by atoms with van der Waals surface area (Å²) < 4.78 is 36.7. The Bertz CT molecular complexity index is 2910. The van der Waals surface area contributed by atoms with Gasteiger partial charge in [-0.05, 0) is 54.8 Å². The van der Waals surface area contributed by atoms with Gasteiger partial charge in [-0.1, -0.05) is 98.8 Å². The van der Waals surface area contributed by atoms with Crippen LogP contribution in [0.15, 0.2) is 126 Å². The van der Waals surface area contributed by atoms with Crippen LogP contribution in [0.3, 0.4) is 0 Å². The molecule has 3 aliphatic carbocycles. The van der Waals surface area contributed by atoms with E-state index in [1.165, 1.54) is 76.2 Å². The standard InChI is InChI=1S/C55H56N2O17/c1-30-38(71-51(65)45(72-41(61)26-36-24-16-17-25-37(36)57(67)68)43(33-18-10-7-11-19-33)56-49(63)34-20-12-8-13-21-34)28-55(66)48(73-50(64)35-22-14-9-15-23-35)46-53(6,39(60)27-40-54(46,29-69-40)74-32(3)59)47(62)44(70-31(2)58)42(30)52(55,4)5/h7-25,38-40,43-46,48,60,66H,26-29H2,1-6H3,(H,56,63)/t38-,39?,40+,43-,44+,45+,46?,48-,53+,54-,55+/m0/s1. The summed E-state index contributed by atoms with van der Waals surface area (Å²) in [7, 11) is 0. The second-order valence-electron chi connectivity index (χ2n) is 19.9. The molecular formula is C55H56N2O17. The SMILES string of the molecule is CC(=O)O[C@H]1C(=O)[C@]2(C)C(O)C[C@H]3OC[C@@]3(OC(C)=O)C2[C@H](OC(=O)c2ccccc2)[C@]2(O)C[C@H](OC(=O)[C@H](OC(=O)Cc3ccccc3[N+](=O)[O-])[C@@H](NC(=O)c3ccccc3)c3ccccc3)C(C)=C1C2(C)C. The predicted octanol–water partition coefficient (Wildman–Crippen LogP) is 5.44. The number of amides is 1. The van der Waals surface area contributed by atoms with E-state index in [0.29, 0.717) is 0 Å². The summed E-state index contributed by atoms with van der Waals surface area (Å²) in [5, 5.41) is 41.0. The van der Waals surface area contributed by atoms with E-state index in [-0.39, 0.29) is 46.4 Å². The predicted molar refractivity (Wildman–Crippen MR) is 258 cm³/mol. The van der Waals surface area contributed by atoms with E-state index >= 15 is 9.59 Å². The second-order valence-corrected chi connectivity index (χ2v) is 19.9. The lowest BCUT2D eigenvalue weighted by Crippen LogP contribution is -2.82. The summed E-state index contributed by atoms with van der Waals surface area (Å²) in [5.41, 5.74) is -8.35. The number of nitro benzene ring substituents is 1. The maximum atomic E-state index is 15.8. The third-order valence-electron chi connectivity index (χ3n) is 15.2. The Labute approximate surface area is 425 Å². The van der Waals surface area contributed by atoms with Crippen LogP contribution in [0.5, 0.6) is 0 Å². The monoisotopic (exact) mass is 1020 g/mol. The van der Waals surface area contributed by atoms with Crippen molar-refractivity contribution in [3.63, 3.8) is 0 Å². The lowest BCUT2D eigenvalue weighted by atomic mass is 9.44. The van der Waals surface area contributed by atoms with Gasteiger partial charge in [0.2, 0.25) is 6.10 Å². The van der Waals surface area contributed by atoms with Crippen LogP contribution in [-0.2, 0) is 58.8 Å². The van der Waals surface area contributed by atoms with Crippen LogP contribution in [0.2, 0.25) is 0 Å². The van der Waals surface area contributed by atoms with Gasteiger partial charge in [0, 0.05) is 49.3 Å². The lowest BCUT2D eigenvalue weighted by molar-refractivity contribution is -0.385. The van der Waals surface area contributed by atoms with E-state index < -0.39 is 136 Å². The van der Waals surface area contributed by atoms with Crippen LogP contribution in [0, 0.1) is 26.9 Å².